The Kier molecular flexibility index (Phi) is 8.67. The van der Waals surface area contributed by atoms with Crippen LogP contribution in [0.15, 0.2) is 54.6 Å². The first-order valence-electron chi connectivity index (χ1n) is 8.44. The van der Waals surface area contributed by atoms with Crippen molar-refractivity contribution in [1.82, 2.24) is 4.90 Å². The number of hydrogen-bond donors (Lipinski definition) is 0. The predicted octanol–water partition coefficient (Wildman–Crippen LogP) is 4.67. The molecule has 0 saturated heterocycles. The Morgan fingerprint density at radius 2 is 1.76 bits per heavy atom. The SMILES string of the molecule is CCC(c1ccccc1)C(CN(C)C)C(=O)c1cccc(OC)c1.Cl. The summed E-state index contributed by atoms with van der Waals surface area (Å²) in [6, 6.07) is 17.8. The second-order valence-electron chi connectivity index (χ2n) is 6.39. The van der Waals surface area contributed by atoms with Gasteiger partial charge in [-0.3, -0.25) is 4.79 Å². The molecule has 0 N–H and O–H groups in total. The lowest BCUT2D eigenvalue weighted by atomic mass is 9.79. The Morgan fingerprint density at radius 1 is 1.08 bits per heavy atom. The maximum absolute atomic E-state index is 13.2. The summed E-state index contributed by atoms with van der Waals surface area (Å²) >= 11 is 0. The Hall–Kier alpha value is -1.84. The number of carbonyl (C=O) groups excluding carboxylic acids is 1. The fourth-order valence-corrected chi connectivity index (χ4v) is 3.23. The number of ketones is 1. The molecule has 2 rings (SSSR count). The van der Waals surface area contributed by atoms with E-state index in [1.165, 1.54) is 5.56 Å². The standard InChI is InChI=1S/C21H27NO2.ClH/c1-5-19(16-10-7-6-8-11-16)20(15-22(2)3)21(23)17-12-9-13-18(14-17)24-4;/h6-14,19-20H,5,15H2,1-4H3;1H. The molecule has 0 radical (unpaired) electrons. The van der Waals surface area contributed by atoms with Crippen LogP contribution in [0.25, 0.3) is 0 Å². The van der Waals surface area contributed by atoms with Crippen LogP contribution in [-0.4, -0.2) is 38.4 Å². The molecule has 0 aliphatic heterocycles. The van der Waals surface area contributed by atoms with Crippen LogP contribution < -0.4 is 4.74 Å². The number of benzene rings is 2. The van der Waals surface area contributed by atoms with Crippen molar-refractivity contribution < 1.29 is 9.53 Å². The lowest BCUT2D eigenvalue weighted by Crippen LogP contribution is -2.32. The van der Waals surface area contributed by atoms with Crippen LogP contribution in [0.2, 0.25) is 0 Å². The number of hydrogen-bond acceptors (Lipinski definition) is 3. The molecular weight excluding hydrogens is 334 g/mol. The maximum Gasteiger partial charge on any atom is 0.167 e. The van der Waals surface area contributed by atoms with Gasteiger partial charge in [-0.1, -0.05) is 49.4 Å². The lowest BCUT2D eigenvalue weighted by Gasteiger charge is -2.28. The molecule has 2 aromatic rings. The van der Waals surface area contributed by atoms with E-state index < -0.39 is 0 Å². The molecule has 2 aromatic carbocycles. The third-order valence-electron chi connectivity index (χ3n) is 4.41. The third-order valence-corrected chi connectivity index (χ3v) is 4.41. The van der Waals surface area contributed by atoms with Gasteiger partial charge in [-0.05, 0) is 44.1 Å². The second kappa shape index (κ2) is 10.2. The summed E-state index contributed by atoms with van der Waals surface area (Å²) in [7, 11) is 5.66. The second-order valence-corrected chi connectivity index (χ2v) is 6.39. The van der Waals surface area contributed by atoms with E-state index in [9.17, 15) is 4.79 Å². The van der Waals surface area contributed by atoms with Crippen molar-refractivity contribution in [2.24, 2.45) is 5.92 Å². The molecule has 136 valence electrons. The van der Waals surface area contributed by atoms with E-state index in [0.717, 1.165) is 24.3 Å². The van der Waals surface area contributed by atoms with Crippen molar-refractivity contribution in [3.05, 3.63) is 65.7 Å². The molecule has 4 heteroatoms. The Labute approximate surface area is 157 Å². The van der Waals surface area contributed by atoms with Crippen molar-refractivity contribution >= 4 is 18.2 Å². The van der Waals surface area contributed by atoms with Crippen LogP contribution in [0.4, 0.5) is 0 Å². The van der Waals surface area contributed by atoms with Crippen molar-refractivity contribution in [3.63, 3.8) is 0 Å². The lowest BCUT2D eigenvalue weighted by molar-refractivity contribution is 0.0870. The first kappa shape index (κ1) is 21.2. The van der Waals surface area contributed by atoms with E-state index in [4.69, 9.17) is 4.74 Å². The number of nitrogens with zero attached hydrogens (tertiary/aromatic N) is 1. The van der Waals surface area contributed by atoms with Crippen LogP contribution in [0, 0.1) is 5.92 Å². The van der Waals surface area contributed by atoms with Gasteiger partial charge in [0.2, 0.25) is 0 Å². The summed E-state index contributed by atoms with van der Waals surface area (Å²) in [5, 5.41) is 0. The Bertz CT molecular complexity index is 658. The highest BCUT2D eigenvalue weighted by Crippen LogP contribution is 2.31. The van der Waals surface area contributed by atoms with Gasteiger partial charge in [-0.25, -0.2) is 0 Å². The molecule has 0 amide bonds. The average molecular weight is 362 g/mol. The quantitative estimate of drug-likeness (QED) is 0.640. The maximum atomic E-state index is 13.2. The minimum atomic E-state index is -0.0838. The molecule has 0 saturated carbocycles. The number of ether oxygens (including phenoxy) is 1. The van der Waals surface area contributed by atoms with Crippen molar-refractivity contribution in [1.29, 1.82) is 0 Å². The zero-order valence-corrected chi connectivity index (χ0v) is 16.3. The summed E-state index contributed by atoms with van der Waals surface area (Å²) in [5.41, 5.74) is 1.94. The highest BCUT2D eigenvalue weighted by molar-refractivity contribution is 5.99. The van der Waals surface area contributed by atoms with Crippen molar-refractivity contribution in [3.8, 4) is 5.75 Å². The van der Waals surface area contributed by atoms with Crippen LogP contribution in [0.5, 0.6) is 5.75 Å². The fourth-order valence-electron chi connectivity index (χ4n) is 3.23. The Morgan fingerprint density at radius 3 is 2.32 bits per heavy atom. The first-order chi connectivity index (χ1) is 11.6. The molecule has 2 atom stereocenters. The topological polar surface area (TPSA) is 29.5 Å². The number of rotatable bonds is 8. The van der Waals surface area contributed by atoms with Gasteiger partial charge in [-0.2, -0.15) is 0 Å². The van der Waals surface area contributed by atoms with Crippen molar-refractivity contribution in [2.45, 2.75) is 19.3 Å². The summed E-state index contributed by atoms with van der Waals surface area (Å²) in [5.74, 6) is 1.02. The molecular formula is C21H28ClNO2. The van der Waals surface area contributed by atoms with Gasteiger partial charge in [0.05, 0.1) is 7.11 Å². The molecule has 0 fully saturated rings. The van der Waals surface area contributed by atoms with Gasteiger partial charge in [0.25, 0.3) is 0 Å². The van der Waals surface area contributed by atoms with E-state index in [1.54, 1.807) is 7.11 Å². The predicted molar refractivity (Wildman–Crippen MR) is 106 cm³/mol. The Balaban J connectivity index is 0.00000312. The molecule has 0 heterocycles. The highest BCUT2D eigenvalue weighted by Gasteiger charge is 2.29. The zero-order valence-electron chi connectivity index (χ0n) is 15.4. The first-order valence-corrected chi connectivity index (χ1v) is 8.44. The summed E-state index contributed by atoms with van der Waals surface area (Å²) < 4.78 is 5.27. The molecule has 0 spiro atoms. The zero-order chi connectivity index (χ0) is 17.5. The van der Waals surface area contributed by atoms with Gasteiger partial charge < -0.3 is 9.64 Å². The minimum Gasteiger partial charge on any atom is -0.497 e. The van der Waals surface area contributed by atoms with E-state index in [0.29, 0.717) is 0 Å². The third kappa shape index (κ3) is 5.58. The highest BCUT2D eigenvalue weighted by atomic mass is 35.5. The molecule has 2 unspecified atom stereocenters. The molecule has 3 nitrogen and oxygen atoms in total. The van der Waals surface area contributed by atoms with Gasteiger partial charge >= 0.3 is 0 Å². The van der Waals surface area contributed by atoms with Gasteiger partial charge in [0.1, 0.15) is 5.75 Å². The monoisotopic (exact) mass is 361 g/mol. The molecule has 0 bridgehead atoms. The molecule has 0 aliphatic rings. The van der Waals surface area contributed by atoms with Crippen LogP contribution in [-0.2, 0) is 0 Å². The average Bonchev–Trinajstić information content (AvgIpc) is 2.61. The van der Waals surface area contributed by atoms with Gasteiger partial charge in [0, 0.05) is 18.0 Å². The van der Waals surface area contributed by atoms with Crippen molar-refractivity contribution in [2.75, 3.05) is 27.7 Å². The fraction of sp³-hybridized carbons (Fsp3) is 0.381. The van der Waals surface area contributed by atoms with Gasteiger partial charge in [-0.15, -0.1) is 12.4 Å². The number of halogens is 1. The van der Waals surface area contributed by atoms with E-state index >= 15 is 0 Å². The van der Waals surface area contributed by atoms with E-state index in [-0.39, 0.29) is 30.0 Å². The molecule has 0 aliphatic carbocycles. The van der Waals surface area contributed by atoms with Crippen LogP contribution in [0.3, 0.4) is 0 Å². The summed E-state index contributed by atoms with van der Waals surface area (Å²) in [4.78, 5) is 15.3. The minimum absolute atomic E-state index is 0. The van der Waals surface area contributed by atoms with Gasteiger partial charge in [0.15, 0.2) is 5.78 Å². The molecule has 25 heavy (non-hydrogen) atoms. The van der Waals surface area contributed by atoms with E-state index in [1.807, 2.05) is 56.6 Å². The van der Waals surface area contributed by atoms with Crippen LogP contribution in [0.1, 0.15) is 35.2 Å². The largest absolute Gasteiger partial charge is 0.497 e. The number of methoxy groups -OCH3 is 1. The number of carbonyl (C=O) groups is 1. The van der Waals surface area contributed by atoms with E-state index in [2.05, 4.69) is 24.0 Å². The number of Topliss-reactive ketones (excluding diaryl/α,β-unsaturated/α-hetero) is 1. The summed E-state index contributed by atoms with van der Waals surface area (Å²) in [6.45, 7) is 2.88. The normalized spacial score (nSPS) is 13.0. The smallest absolute Gasteiger partial charge is 0.167 e. The summed E-state index contributed by atoms with van der Waals surface area (Å²) in [6.07, 6.45) is 0.929. The molecule has 0 aromatic heterocycles. The van der Waals surface area contributed by atoms with Crippen LogP contribution >= 0.6 is 12.4 Å².